The predicted octanol–water partition coefficient (Wildman–Crippen LogP) is -0.707. The van der Waals surface area contributed by atoms with Gasteiger partial charge in [-0.15, -0.1) is 0 Å². The van der Waals surface area contributed by atoms with Crippen LogP contribution in [0.25, 0.3) is 0 Å². The van der Waals surface area contributed by atoms with Crippen molar-refractivity contribution >= 4 is 5.97 Å². The van der Waals surface area contributed by atoms with Crippen molar-refractivity contribution in [2.75, 3.05) is 13.2 Å². The Kier molecular flexibility index (Phi) is 4.88. The molecule has 0 amide bonds. The maximum atomic E-state index is 10.5. The van der Waals surface area contributed by atoms with Gasteiger partial charge in [0, 0.05) is 13.0 Å². The van der Waals surface area contributed by atoms with Gasteiger partial charge in [0.05, 0.1) is 6.61 Å². The average molecular weight is 148 g/mol. The van der Waals surface area contributed by atoms with E-state index >= 15 is 0 Å². The second kappa shape index (κ2) is 5.20. The van der Waals surface area contributed by atoms with Crippen LogP contribution in [0.5, 0.6) is 0 Å². The third-order valence-electron chi connectivity index (χ3n) is 0.961. The number of hydrogen-bond acceptors (Lipinski definition) is 4. The SMILES string of the molecule is CCOC(=O)C(O)CCO. The fourth-order valence-electron chi connectivity index (χ4n) is 0.479. The summed E-state index contributed by atoms with van der Waals surface area (Å²) in [7, 11) is 0. The highest BCUT2D eigenvalue weighted by atomic mass is 16.5. The standard InChI is InChI=1S/C6H12O4/c1-2-10-6(9)5(8)3-4-7/h5,7-8H,2-4H2,1H3. The Labute approximate surface area is 59.4 Å². The van der Waals surface area contributed by atoms with Crippen LogP contribution >= 0.6 is 0 Å². The molecule has 0 saturated carbocycles. The van der Waals surface area contributed by atoms with Crippen molar-refractivity contribution < 1.29 is 19.7 Å². The van der Waals surface area contributed by atoms with Crippen LogP contribution < -0.4 is 0 Å². The largest absolute Gasteiger partial charge is 0.464 e. The highest BCUT2D eigenvalue weighted by molar-refractivity contribution is 5.74. The molecule has 0 fully saturated rings. The van der Waals surface area contributed by atoms with Crippen molar-refractivity contribution in [3.63, 3.8) is 0 Å². The first-order chi connectivity index (χ1) is 4.72. The number of hydrogen-bond donors (Lipinski definition) is 2. The van der Waals surface area contributed by atoms with E-state index in [1.807, 2.05) is 0 Å². The summed E-state index contributed by atoms with van der Waals surface area (Å²) < 4.78 is 4.46. The first kappa shape index (κ1) is 9.39. The van der Waals surface area contributed by atoms with E-state index in [1.54, 1.807) is 6.92 Å². The van der Waals surface area contributed by atoms with Crippen LogP contribution in [0.1, 0.15) is 13.3 Å². The molecule has 0 aromatic carbocycles. The number of esters is 1. The molecule has 0 heterocycles. The Hall–Kier alpha value is -0.610. The Balaban J connectivity index is 3.49. The zero-order chi connectivity index (χ0) is 7.98. The molecule has 0 aliphatic rings. The van der Waals surface area contributed by atoms with Crippen molar-refractivity contribution in [1.82, 2.24) is 0 Å². The molecule has 0 aliphatic heterocycles. The van der Waals surface area contributed by atoms with E-state index in [-0.39, 0.29) is 19.6 Å². The van der Waals surface area contributed by atoms with Gasteiger partial charge in [0.25, 0.3) is 0 Å². The lowest BCUT2D eigenvalue weighted by molar-refractivity contribution is -0.153. The second-order valence-corrected chi connectivity index (χ2v) is 1.78. The minimum Gasteiger partial charge on any atom is -0.464 e. The maximum Gasteiger partial charge on any atom is 0.335 e. The molecule has 1 unspecified atom stereocenters. The van der Waals surface area contributed by atoms with Crippen LogP contribution in [0.15, 0.2) is 0 Å². The predicted molar refractivity (Wildman–Crippen MR) is 34.3 cm³/mol. The summed E-state index contributed by atoms with van der Waals surface area (Å²) >= 11 is 0. The number of aliphatic hydroxyl groups excluding tert-OH is 2. The van der Waals surface area contributed by atoms with Gasteiger partial charge in [0.15, 0.2) is 6.10 Å². The summed E-state index contributed by atoms with van der Waals surface area (Å²) in [6.07, 6.45) is -1.14. The summed E-state index contributed by atoms with van der Waals surface area (Å²) in [6.45, 7) is 1.70. The highest BCUT2D eigenvalue weighted by Gasteiger charge is 2.14. The normalized spacial score (nSPS) is 12.7. The molecule has 0 spiro atoms. The van der Waals surface area contributed by atoms with Gasteiger partial charge in [-0.2, -0.15) is 0 Å². The molecular formula is C6H12O4. The zero-order valence-corrected chi connectivity index (χ0v) is 5.91. The van der Waals surface area contributed by atoms with E-state index < -0.39 is 12.1 Å². The second-order valence-electron chi connectivity index (χ2n) is 1.78. The van der Waals surface area contributed by atoms with Crippen LogP contribution in [0, 0.1) is 0 Å². The summed E-state index contributed by atoms with van der Waals surface area (Å²) in [4.78, 5) is 10.5. The number of ether oxygens (including phenoxy) is 1. The molecule has 1 atom stereocenters. The van der Waals surface area contributed by atoms with Crippen LogP contribution in [0.2, 0.25) is 0 Å². The van der Waals surface area contributed by atoms with E-state index in [2.05, 4.69) is 4.74 Å². The number of aliphatic hydroxyl groups is 2. The van der Waals surface area contributed by atoms with Gasteiger partial charge >= 0.3 is 5.97 Å². The lowest BCUT2D eigenvalue weighted by atomic mass is 10.3. The van der Waals surface area contributed by atoms with E-state index in [9.17, 15) is 4.79 Å². The first-order valence-electron chi connectivity index (χ1n) is 3.18. The third kappa shape index (κ3) is 3.42. The molecule has 0 aromatic rings. The van der Waals surface area contributed by atoms with Crippen molar-refractivity contribution in [2.24, 2.45) is 0 Å². The molecule has 60 valence electrons. The van der Waals surface area contributed by atoms with E-state index in [0.29, 0.717) is 0 Å². The smallest absolute Gasteiger partial charge is 0.335 e. The number of rotatable bonds is 4. The van der Waals surface area contributed by atoms with Crippen LogP contribution in [-0.4, -0.2) is 35.5 Å². The average Bonchev–Trinajstić information content (AvgIpc) is 1.89. The molecule has 0 aliphatic carbocycles. The highest BCUT2D eigenvalue weighted by Crippen LogP contribution is 1.92. The van der Waals surface area contributed by atoms with Gasteiger partial charge in [0.2, 0.25) is 0 Å². The van der Waals surface area contributed by atoms with Crippen LogP contribution in [0.3, 0.4) is 0 Å². The minimum absolute atomic E-state index is 0.0405. The van der Waals surface area contributed by atoms with Gasteiger partial charge in [-0.1, -0.05) is 0 Å². The first-order valence-corrected chi connectivity index (χ1v) is 3.18. The van der Waals surface area contributed by atoms with Crippen LogP contribution in [0.4, 0.5) is 0 Å². The lowest BCUT2D eigenvalue weighted by Gasteiger charge is -2.06. The molecule has 0 bridgehead atoms. The zero-order valence-electron chi connectivity index (χ0n) is 5.91. The fraction of sp³-hybridized carbons (Fsp3) is 0.833. The Morgan fingerprint density at radius 1 is 1.70 bits per heavy atom. The van der Waals surface area contributed by atoms with Gasteiger partial charge in [-0.25, -0.2) is 4.79 Å². The topological polar surface area (TPSA) is 66.8 Å². The number of carbonyl (C=O) groups excluding carboxylic acids is 1. The van der Waals surface area contributed by atoms with Crippen molar-refractivity contribution in [3.05, 3.63) is 0 Å². The van der Waals surface area contributed by atoms with Crippen molar-refractivity contribution in [1.29, 1.82) is 0 Å². The fourth-order valence-corrected chi connectivity index (χ4v) is 0.479. The molecule has 10 heavy (non-hydrogen) atoms. The molecule has 4 nitrogen and oxygen atoms in total. The Morgan fingerprint density at radius 2 is 2.30 bits per heavy atom. The molecule has 2 N–H and O–H groups in total. The van der Waals surface area contributed by atoms with Crippen molar-refractivity contribution in [3.8, 4) is 0 Å². The summed E-state index contributed by atoms with van der Waals surface area (Å²) in [5, 5.41) is 17.1. The van der Waals surface area contributed by atoms with Crippen LogP contribution in [-0.2, 0) is 9.53 Å². The number of carbonyl (C=O) groups is 1. The quantitative estimate of drug-likeness (QED) is 0.517. The molecule has 0 rings (SSSR count). The molecule has 4 heteroatoms. The van der Waals surface area contributed by atoms with Gasteiger partial charge in [0.1, 0.15) is 0 Å². The molecule has 0 radical (unpaired) electrons. The monoisotopic (exact) mass is 148 g/mol. The van der Waals surface area contributed by atoms with Gasteiger partial charge in [-0.3, -0.25) is 0 Å². The summed E-state index contributed by atoms with van der Waals surface area (Å²) in [5.74, 6) is -0.670. The maximum absolute atomic E-state index is 10.5. The summed E-state index contributed by atoms with van der Waals surface area (Å²) in [6, 6.07) is 0. The van der Waals surface area contributed by atoms with Gasteiger partial charge in [-0.05, 0) is 6.92 Å². The van der Waals surface area contributed by atoms with E-state index in [1.165, 1.54) is 0 Å². The minimum atomic E-state index is -1.18. The Bertz CT molecular complexity index is 102. The van der Waals surface area contributed by atoms with E-state index in [4.69, 9.17) is 10.2 Å². The summed E-state index contributed by atoms with van der Waals surface area (Å²) in [5.41, 5.74) is 0. The lowest BCUT2D eigenvalue weighted by Crippen LogP contribution is -2.23. The van der Waals surface area contributed by atoms with Gasteiger partial charge < -0.3 is 14.9 Å². The Morgan fingerprint density at radius 3 is 2.70 bits per heavy atom. The molecular weight excluding hydrogens is 136 g/mol. The third-order valence-corrected chi connectivity index (χ3v) is 0.961. The van der Waals surface area contributed by atoms with E-state index in [0.717, 1.165) is 0 Å². The van der Waals surface area contributed by atoms with Crippen molar-refractivity contribution in [2.45, 2.75) is 19.4 Å². The molecule has 0 aromatic heterocycles. The molecule has 0 saturated heterocycles.